The molecule has 0 spiro atoms. The minimum absolute atomic E-state index is 0.111. The van der Waals surface area contributed by atoms with Gasteiger partial charge in [-0.25, -0.2) is 0 Å². The molecule has 0 fully saturated rings. The molecule has 0 bridgehead atoms. The van der Waals surface area contributed by atoms with Crippen LogP contribution in [0, 0.1) is 0 Å². The van der Waals surface area contributed by atoms with Crippen molar-refractivity contribution in [3.8, 4) is 0 Å². The van der Waals surface area contributed by atoms with Crippen molar-refractivity contribution in [2.45, 2.75) is 32.0 Å². The van der Waals surface area contributed by atoms with Gasteiger partial charge in [-0.05, 0) is 45.0 Å². The lowest BCUT2D eigenvalue weighted by atomic mass is 9.94. The van der Waals surface area contributed by atoms with Gasteiger partial charge in [-0.15, -0.1) is 0 Å². The van der Waals surface area contributed by atoms with Crippen LogP contribution in [0.4, 0.5) is 13.2 Å². The third-order valence-corrected chi connectivity index (χ3v) is 2.60. The average Bonchev–Trinajstić information content (AvgIpc) is 2.16. The molecule has 0 amide bonds. The number of benzene rings is 1. The predicted molar refractivity (Wildman–Crippen MR) is 58.3 cm³/mol. The third kappa shape index (κ3) is 3.52. The first-order valence-electron chi connectivity index (χ1n) is 5.10. The lowest BCUT2D eigenvalue weighted by Gasteiger charge is -2.24. The van der Waals surface area contributed by atoms with Crippen molar-refractivity contribution in [2.24, 2.45) is 0 Å². The first-order chi connectivity index (χ1) is 7.24. The number of halogens is 3. The second-order valence-electron chi connectivity index (χ2n) is 4.51. The fourth-order valence-electron chi connectivity index (χ4n) is 1.41. The maximum absolute atomic E-state index is 12.3. The molecule has 0 aliphatic rings. The molecule has 0 heterocycles. The highest BCUT2D eigenvalue weighted by atomic mass is 19.4. The second-order valence-corrected chi connectivity index (χ2v) is 4.51. The van der Waals surface area contributed by atoms with Gasteiger partial charge in [0.15, 0.2) is 0 Å². The molecule has 1 aromatic rings. The Labute approximate surface area is 93.7 Å². The summed E-state index contributed by atoms with van der Waals surface area (Å²) in [5.74, 6) is 0. The summed E-state index contributed by atoms with van der Waals surface area (Å²) in [5.41, 5.74) is 0.186. The molecule has 1 nitrogen and oxygen atoms in total. The fraction of sp³-hybridized carbons (Fsp3) is 0.500. The van der Waals surface area contributed by atoms with Gasteiger partial charge in [-0.1, -0.05) is 12.1 Å². The average molecular weight is 231 g/mol. The molecule has 0 aliphatic heterocycles. The molecule has 16 heavy (non-hydrogen) atoms. The van der Waals surface area contributed by atoms with E-state index in [-0.39, 0.29) is 5.54 Å². The number of hydrogen-bond acceptors (Lipinski definition) is 1. The van der Waals surface area contributed by atoms with Crippen molar-refractivity contribution in [1.29, 1.82) is 0 Å². The summed E-state index contributed by atoms with van der Waals surface area (Å²) in [5, 5.41) is 3.11. The van der Waals surface area contributed by atoms with Crippen molar-refractivity contribution in [2.75, 3.05) is 7.05 Å². The van der Waals surface area contributed by atoms with Gasteiger partial charge in [0, 0.05) is 5.54 Å². The highest BCUT2D eigenvalue weighted by Crippen LogP contribution is 2.29. The van der Waals surface area contributed by atoms with Crippen molar-refractivity contribution in [1.82, 2.24) is 5.32 Å². The van der Waals surface area contributed by atoms with E-state index in [0.717, 1.165) is 17.7 Å². The topological polar surface area (TPSA) is 12.0 Å². The molecule has 90 valence electrons. The van der Waals surface area contributed by atoms with Gasteiger partial charge >= 0.3 is 6.18 Å². The molecular weight excluding hydrogens is 215 g/mol. The van der Waals surface area contributed by atoms with Gasteiger partial charge in [-0.2, -0.15) is 13.2 Å². The Morgan fingerprint density at radius 3 is 1.94 bits per heavy atom. The predicted octanol–water partition coefficient (Wildman–Crippen LogP) is 3.25. The Kier molecular flexibility index (Phi) is 3.63. The van der Waals surface area contributed by atoms with Crippen LogP contribution in [0.3, 0.4) is 0 Å². The Hall–Kier alpha value is -1.03. The lowest BCUT2D eigenvalue weighted by molar-refractivity contribution is -0.137. The molecule has 1 aromatic carbocycles. The van der Waals surface area contributed by atoms with E-state index in [1.54, 1.807) is 0 Å². The molecule has 0 atom stereocenters. The van der Waals surface area contributed by atoms with Crippen molar-refractivity contribution >= 4 is 0 Å². The van der Waals surface area contributed by atoms with Crippen LogP contribution in [0.5, 0.6) is 0 Å². The summed E-state index contributed by atoms with van der Waals surface area (Å²) >= 11 is 0. The van der Waals surface area contributed by atoms with Gasteiger partial charge in [0.2, 0.25) is 0 Å². The minimum Gasteiger partial charge on any atom is -0.314 e. The Morgan fingerprint density at radius 2 is 1.56 bits per heavy atom. The molecule has 0 saturated carbocycles. The normalized spacial score (nSPS) is 12.9. The van der Waals surface area contributed by atoms with Crippen LogP contribution < -0.4 is 5.32 Å². The molecule has 1 rings (SSSR count). The van der Waals surface area contributed by atoms with Crippen molar-refractivity contribution in [3.63, 3.8) is 0 Å². The Bertz CT molecular complexity index is 338. The van der Waals surface area contributed by atoms with E-state index in [1.807, 2.05) is 20.9 Å². The summed E-state index contributed by atoms with van der Waals surface area (Å²) in [6.45, 7) is 4.01. The Balaban J connectivity index is 2.80. The van der Waals surface area contributed by atoms with Crippen LogP contribution in [0.25, 0.3) is 0 Å². The first kappa shape index (κ1) is 13.0. The zero-order valence-electron chi connectivity index (χ0n) is 9.65. The molecule has 0 unspecified atom stereocenters. The number of likely N-dealkylation sites (N-methyl/N-ethyl adjacent to an activating group) is 1. The SMILES string of the molecule is CNC(C)(C)Cc1ccc(C(F)(F)F)cc1. The maximum atomic E-state index is 12.3. The largest absolute Gasteiger partial charge is 0.416 e. The number of hydrogen-bond donors (Lipinski definition) is 1. The number of alkyl halides is 3. The molecule has 1 N–H and O–H groups in total. The van der Waals surface area contributed by atoms with Crippen LogP contribution in [0.2, 0.25) is 0 Å². The molecule has 0 radical (unpaired) electrons. The summed E-state index contributed by atoms with van der Waals surface area (Å²) in [6, 6.07) is 5.31. The molecular formula is C12H16F3N. The molecule has 0 saturated heterocycles. The molecule has 0 aromatic heterocycles. The van der Waals surface area contributed by atoms with E-state index in [1.165, 1.54) is 12.1 Å². The van der Waals surface area contributed by atoms with Crippen molar-refractivity contribution in [3.05, 3.63) is 35.4 Å². The van der Waals surface area contributed by atoms with Gasteiger partial charge < -0.3 is 5.32 Å². The van der Waals surface area contributed by atoms with Crippen LogP contribution in [0.15, 0.2) is 24.3 Å². The van der Waals surface area contributed by atoms with E-state index in [4.69, 9.17) is 0 Å². The monoisotopic (exact) mass is 231 g/mol. The summed E-state index contributed by atoms with van der Waals surface area (Å²) < 4.78 is 36.9. The highest BCUT2D eigenvalue weighted by molar-refractivity contribution is 5.25. The maximum Gasteiger partial charge on any atom is 0.416 e. The first-order valence-corrected chi connectivity index (χ1v) is 5.10. The second kappa shape index (κ2) is 4.45. The quantitative estimate of drug-likeness (QED) is 0.842. The van der Waals surface area contributed by atoms with E-state index < -0.39 is 11.7 Å². The summed E-state index contributed by atoms with van der Waals surface area (Å²) in [7, 11) is 1.84. The van der Waals surface area contributed by atoms with E-state index in [0.29, 0.717) is 6.42 Å². The standard InChI is InChI=1S/C12H16F3N/c1-11(2,16-3)8-9-4-6-10(7-5-9)12(13,14)15/h4-7,16H,8H2,1-3H3. The highest BCUT2D eigenvalue weighted by Gasteiger charge is 2.30. The van der Waals surface area contributed by atoms with Crippen LogP contribution in [-0.2, 0) is 12.6 Å². The van der Waals surface area contributed by atoms with Gasteiger partial charge in [-0.3, -0.25) is 0 Å². The van der Waals surface area contributed by atoms with Crippen LogP contribution in [-0.4, -0.2) is 12.6 Å². The van der Waals surface area contributed by atoms with Crippen molar-refractivity contribution < 1.29 is 13.2 Å². The zero-order chi connectivity index (χ0) is 12.4. The minimum atomic E-state index is -4.25. The van der Waals surface area contributed by atoms with Gasteiger partial charge in [0.1, 0.15) is 0 Å². The van der Waals surface area contributed by atoms with Gasteiger partial charge in [0.25, 0.3) is 0 Å². The lowest BCUT2D eigenvalue weighted by Crippen LogP contribution is -2.38. The number of rotatable bonds is 3. The smallest absolute Gasteiger partial charge is 0.314 e. The Morgan fingerprint density at radius 1 is 1.06 bits per heavy atom. The van der Waals surface area contributed by atoms with Gasteiger partial charge in [0.05, 0.1) is 5.56 Å². The van der Waals surface area contributed by atoms with Crippen LogP contribution >= 0.6 is 0 Å². The zero-order valence-corrected chi connectivity index (χ0v) is 9.65. The van der Waals surface area contributed by atoms with Crippen LogP contribution in [0.1, 0.15) is 25.0 Å². The van der Waals surface area contributed by atoms with E-state index in [9.17, 15) is 13.2 Å². The summed E-state index contributed by atoms with van der Waals surface area (Å²) in [6.07, 6.45) is -3.56. The molecule has 0 aliphatic carbocycles. The summed E-state index contributed by atoms with van der Waals surface area (Å²) in [4.78, 5) is 0. The third-order valence-electron chi connectivity index (χ3n) is 2.60. The molecule has 4 heteroatoms. The fourth-order valence-corrected chi connectivity index (χ4v) is 1.41. The van der Waals surface area contributed by atoms with E-state index in [2.05, 4.69) is 5.32 Å². The number of nitrogens with one attached hydrogen (secondary N) is 1. The van der Waals surface area contributed by atoms with E-state index >= 15 is 0 Å².